The number of amides is 1. The molecular formula is C24H22N2O3S. The minimum absolute atomic E-state index is 0.0446. The summed E-state index contributed by atoms with van der Waals surface area (Å²) in [6.45, 7) is 1.84. The molecule has 30 heavy (non-hydrogen) atoms. The van der Waals surface area contributed by atoms with Gasteiger partial charge in [0.15, 0.2) is 0 Å². The van der Waals surface area contributed by atoms with E-state index in [2.05, 4.69) is 16.0 Å². The summed E-state index contributed by atoms with van der Waals surface area (Å²) in [5.41, 5.74) is 1.45. The Morgan fingerprint density at radius 3 is 1.87 bits per heavy atom. The zero-order chi connectivity index (χ0) is 21.6. The number of hydrogen-bond acceptors (Lipinski definition) is 3. The maximum absolute atomic E-state index is 13.0. The Kier molecular flexibility index (Phi) is 6.36. The minimum atomic E-state index is -3.71. The van der Waals surface area contributed by atoms with Crippen molar-refractivity contribution >= 4 is 15.9 Å². The van der Waals surface area contributed by atoms with Crippen LogP contribution in [0.5, 0.6) is 0 Å². The van der Waals surface area contributed by atoms with Gasteiger partial charge < -0.3 is 5.32 Å². The van der Waals surface area contributed by atoms with Gasteiger partial charge in [0.05, 0.1) is 17.0 Å². The third-order valence-electron chi connectivity index (χ3n) is 4.86. The smallest absolute Gasteiger partial charge is 0.252 e. The zero-order valence-electron chi connectivity index (χ0n) is 16.5. The first-order chi connectivity index (χ1) is 14.4. The average Bonchev–Trinajstić information content (AvgIpc) is 2.79. The molecule has 0 aliphatic rings. The van der Waals surface area contributed by atoms with Crippen molar-refractivity contribution in [2.24, 2.45) is 0 Å². The van der Waals surface area contributed by atoms with Gasteiger partial charge in [-0.15, -0.1) is 6.42 Å². The quantitative estimate of drug-likeness (QED) is 0.578. The molecule has 0 spiro atoms. The molecule has 2 N–H and O–H groups in total. The molecular weight excluding hydrogens is 396 g/mol. The maximum Gasteiger partial charge on any atom is 0.252 e. The summed E-state index contributed by atoms with van der Waals surface area (Å²) in [6.07, 6.45) is 5.10. The number of carbonyl (C=O) groups is 1. The fraction of sp³-hybridized carbons (Fsp3) is 0.125. The van der Waals surface area contributed by atoms with Gasteiger partial charge in [0.1, 0.15) is 0 Å². The van der Waals surface area contributed by atoms with Gasteiger partial charge in [-0.1, -0.05) is 66.6 Å². The Morgan fingerprint density at radius 2 is 1.40 bits per heavy atom. The number of terminal acetylenes is 1. The molecule has 1 amide bonds. The number of nitrogens with one attached hydrogen (secondary N) is 2. The zero-order valence-corrected chi connectivity index (χ0v) is 17.3. The normalized spacial score (nSPS) is 11.5. The number of hydrogen-bond donors (Lipinski definition) is 2. The molecule has 0 bridgehead atoms. The van der Waals surface area contributed by atoms with Crippen LogP contribution in [0.25, 0.3) is 0 Å². The largest absolute Gasteiger partial charge is 0.339 e. The van der Waals surface area contributed by atoms with Crippen LogP contribution in [0.3, 0.4) is 0 Å². The molecule has 0 fully saturated rings. The Morgan fingerprint density at radius 1 is 0.900 bits per heavy atom. The Hall–Kier alpha value is -3.40. The molecule has 0 atom stereocenters. The maximum atomic E-state index is 13.0. The van der Waals surface area contributed by atoms with Crippen molar-refractivity contribution in [3.63, 3.8) is 0 Å². The first-order valence-electron chi connectivity index (χ1n) is 9.33. The summed E-state index contributed by atoms with van der Waals surface area (Å²) in [6, 6.07) is 25.1. The molecule has 0 saturated heterocycles. The number of sulfonamides is 1. The van der Waals surface area contributed by atoms with Crippen LogP contribution in [-0.2, 0) is 15.6 Å². The third kappa shape index (κ3) is 4.60. The van der Waals surface area contributed by atoms with Gasteiger partial charge >= 0.3 is 0 Å². The fourth-order valence-corrected chi connectivity index (χ4v) is 4.09. The van der Waals surface area contributed by atoms with Crippen molar-refractivity contribution < 1.29 is 13.2 Å². The van der Waals surface area contributed by atoms with E-state index in [0.29, 0.717) is 5.56 Å². The van der Waals surface area contributed by atoms with Crippen molar-refractivity contribution in [2.75, 3.05) is 6.54 Å². The molecule has 0 aromatic heterocycles. The van der Waals surface area contributed by atoms with E-state index in [1.54, 1.807) is 0 Å². The Labute approximate surface area is 177 Å². The molecule has 6 heteroatoms. The average molecular weight is 419 g/mol. The van der Waals surface area contributed by atoms with E-state index in [1.807, 2.05) is 67.6 Å². The molecule has 0 saturated carbocycles. The second-order valence-electron chi connectivity index (χ2n) is 6.86. The van der Waals surface area contributed by atoms with Crippen LogP contribution in [0.1, 0.15) is 28.4 Å². The fourth-order valence-electron chi connectivity index (χ4n) is 3.16. The lowest BCUT2D eigenvalue weighted by molar-refractivity contribution is 0.0919. The van der Waals surface area contributed by atoms with Gasteiger partial charge in [-0.05, 0) is 42.3 Å². The topological polar surface area (TPSA) is 75.3 Å². The van der Waals surface area contributed by atoms with E-state index in [0.717, 1.165) is 11.1 Å². The highest BCUT2D eigenvalue weighted by Gasteiger charge is 2.31. The molecule has 3 aromatic rings. The van der Waals surface area contributed by atoms with E-state index in [1.165, 1.54) is 24.3 Å². The van der Waals surface area contributed by atoms with Crippen LogP contribution in [0.2, 0.25) is 0 Å². The molecule has 152 valence electrons. The van der Waals surface area contributed by atoms with Crippen molar-refractivity contribution in [3.05, 3.63) is 102 Å². The number of carbonyl (C=O) groups excluding carboxylic acids is 1. The third-order valence-corrected chi connectivity index (χ3v) is 6.27. The highest BCUT2D eigenvalue weighted by atomic mass is 32.2. The number of rotatable bonds is 7. The molecule has 0 heterocycles. The van der Waals surface area contributed by atoms with Crippen LogP contribution in [0.4, 0.5) is 0 Å². The van der Waals surface area contributed by atoms with Crippen molar-refractivity contribution in [3.8, 4) is 12.3 Å². The van der Waals surface area contributed by atoms with Crippen molar-refractivity contribution in [1.29, 1.82) is 0 Å². The first kappa shape index (κ1) is 21.3. The summed E-state index contributed by atoms with van der Waals surface area (Å²) >= 11 is 0. The first-order valence-corrected chi connectivity index (χ1v) is 10.8. The Balaban J connectivity index is 1.90. The molecule has 5 nitrogen and oxygen atoms in total. The van der Waals surface area contributed by atoms with Crippen LogP contribution in [0, 0.1) is 12.3 Å². The summed E-state index contributed by atoms with van der Waals surface area (Å²) in [5, 5.41) is 3.10. The van der Waals surface area contributed by atoms with Crippen LogP contribution < -0.4 is 10.0 Å². The molecule has 3 rings (SSSR count). The minimum Gasteiger partial charge on any atom is -0.339 e. The van der Waals surface area contributed by atoms with Gasteiger partial charge in [-0.3, -0.25) is 4.79 Å². The standard InChI is InChI=1S/C24H22N2O3S/c1-3-18-25-30(28,29)22-16-14-19(15-17-22)23(27)26-24(2,20-10-6-4-7-11-20)21-12-8-5-9-13-21/h1,4-17,25H,18H2,2H3,(H,26,27). The van der Waals surface area contributed by atoms with Gasteiger partial charge in [0, 0.05) is 5.56 Å². The molecule has 3 aromatic carbocycles. The monoisotopic (exact) mass is 418 g/mol. The summed E-state index contributed by atoms with van der Waals surface area (Å²) < 4.78 is 26.6. The van der Waals surface area contributed by atoms with Gasteiger partial charge in [0.2, 0.25) is 10.0 Å². The van der Waals surface area contributed by atoms with E-state index in [4.69, 9.17) is 6.42 Å². The second-order valence-corrected chi connectivity index (χ2v) is 8.63. The van der Waals surface area contributed by atoms with Crippen molar-refractivity contribution in [2.45, 2.75) is 17.4 Å². The highest BCUT2D eigenvalue weighted by molar-refractivity contribution is 7.89. The van der Waals surface area contributed by atoms with E-state index in [-0.39, 0.29) is 17.3 Å². The summed E-state index contributed by atoms with van der Waals surface area (Å²) in [4.78, 5) is 13.1. The lowest BCUT2D eigenvalue weighted by Gasteiger charge is -2.32. The van der Waals surface area contributed by atoms with Crippen LogP contribution in [-0.4, -0.2) is 20.9 Å². The van der Waals surface area contributed by atoms with Gasteiger partial charge in [-0.2, -0.15) is 4.72 Å². The van der Waals surface area contributed by atoms with Crippen molar-refractivity contribution in [1.82, 2.24) is 10.0 Å². The predicted octanol–water partition coefficient (Wildman–Crippen LogP) is 3.29. The van der Waals surface area contributed by atoms with E-state index >= 15 is 0 Å². The summed E-state index contributed by atoms with van der Waals surface area (Å²) in [7, 11) is -3.71. The highest BCUT2D eigenvalue weighted by Crippen LogP contribution is 2.29. The van der Waals surface area contributed by atoms with Gasteiger partial charge in [-0.25, -0.2) is 8.42 Å². The molecule has 0 radical (unpaired) electrons. The SMILES string of the molecule is C#CCNS(=O)(=O)c1ccc(C(=O)NC(C)(c2ccccc2)c2ccccc2)cc1. The van der Waals surface area contributed by atoms with Crippen LogP contribution in [0.15, 0.2) is 89.8 Å². The second kappa shape index (κ2) is 8.95. The Bertz CT molecular complexity index is 1110. The lowest BCUT2D eigenvalue weighted by Crippen LogP contribution is -2.44. The lowest BCUT2D eigenvalue weighted by atomic mass is 9.84. The summed E-state index contributed by atoms with van der Waals surface area (Å²) in [5.74, 6) is 1.91. The molecule has 0 aliphatic heterocycles. The number of benzene rings is 3. The van der Waals surface area contributed by atoms with E-state index < -0.39 is 15.6 Å². The molecule has 0 aliphatic carbocycles. The van der Waals surface area contributed by atoms with E-state index in [9.17, 15) is 13.2 Å². The predicted molar refractivity (Wildman–Crippen MR) is 117 cm³/mol. The van der Waals surface area contributed by atoms with Crippen LogP contribution >= 0.6 is 0 Å². The molecule has 0 unspecified atom stereocenters. The van der Waals surface area contributed by atoms with Gasteiger partial charge in [0.25, 0.3) is 5.91 Å².